The van der Waals surface area contributed by atoms with Crippen LogP contribution in [0.5, 0.6) is 0 Å². The van der Waals surface area contributed by atoms with E-state index in [0.29, 0.717) is 42.4 Å². The Kier molecular flexibility index (Phi) is 15.2. The van der Waals surface area contributed by atoms with Crippen molar-refractivity contribution >= 4 is 42.5 Å². The summed E-state index contributed by atoms with van der Waals surface area (Å²) in [7, 11) is 0. The molecular weight excluding hydrogens is 444 g/mol. The van der Waals surface area contributed by atoms with Crippen molar-refractivity contribution in [3.63, 3.8) is 0 Å². The van der Waals surface area contributed by atoms with E-state index in [0.717, 1.165) is 25.3 Å². The van der Waals surface area contributed by atoms with Crippen molar-refractivity contribution in [2.75, 3.05) is 39.5 Å². The first-order valence-electron chi connectivity index (χ1n) is 10.3. The van der Waals surface area contributed by atoms with Crippen LogP contribution >= 0.6 is 24.6 Å². The van der Waals surface area contributed by atoms with Gasteiger partial charge in [-0.1, -0.05) is 43.7 Å². The second kappa shape index (κ2) is 17.4. The summed E-state index contributed by atoms with van der Waals surface area (Å²) in [5, 5.41) is 15.9. The smallest absolute Gasteiger partial charge is 0.162 e. The van der Waals surface area contributed by atoms with Crippen molar-refractivity contribution in [3.8, 4) is 0 Å². The van der Waals surface area contributed by atoms with Crippen LogP contribution in [-0.4, -0.2) is 67.3 Å². The number of ether oxygens (including phenoxy) is 1. The third-order valence-corrected chi connectivity index (χ3v) is 5.07. The molecule has 0 unspecified atom stereocenters. The number of nitrogens with one attached hydrogen (secondary N) is 1. The maximum Gasteiger partial charge on any atom is 0.162 e. The first-order valence-corrected chi connectivity index (χ1v) is 11.7. The lowest BCUT2D eigenvalue weighted by molar-refractivity contribution is 0.0679. The predicted molar refractivity (Wildman–Crippen MR) is 141 cm³/mol. The number of hydrogen-bond acceptors (Lipinski definition) is 8. The van der Waals surface area contributed by atoms with Gasteiger partial charge in [0.2, 0.25) is 0 Å². The highest BCUT2D eigenvalue weighted by atomic mass is 32.2. The Morgan fingerprint density at radius 3 is 2.72 bits per heavy atom. The van der Waals surface area contributed by atoms with E-state index in [1.54, 1.807) is 11.5 Å². The zero-order valence-electron chi connectivity index (χ0n) is 18.8. The van der Waals surface area contributed by atoms with Gasteiger partial charge < -0.3 is 20.6 Å². The number of aliphatic hydroxyl groups excluding tert-OH is 1. The van der Waals surface area contributed by atoms with Crippen LogP contribution in [0.3, 0.4) is 0 Å². The van der Waals surface area contributed by atoms with Crippen LogP contribution in [-0.2, 0) is 4.74 Å². The number of hydrazone groups is 1. The summed E-state index contributed by atoms with van der Waals surface area (Å²) < 4.78 is 8.45. The van der Waals surface area contributed by atoms with E-state index in [1.165, 1.54) is 18.2 Å². The highest BCUT2D eigenvalue weighted by Gasteiger charge is 2.15. The molecule has 10 heteroatoms. The Labute approximate surface area is 201 Å². The van der Waals surface area contributed by atoms with Gasteiger partial charge in [-0.15, -0.1) is 12.6 Å². The molecule has 0 aliphatic carbocycles. The molecule has 0 aromatic heterocycles. The summed E-state index contributed by atoms with van der Waals surface area (Å²) in [5.74, 6) is 6.68. The number of morpholine rings is 1. The monoisotopic (exact) mass is 478 g/mol. The molecule has 1 aliphatic heterocycles. The number of rotatable bonds is 11. The maximum atomic E-state index is 8.87. The van der Waals surface area contributed by atoms with Gasteiger partial charge in [0.1, 0.15) is 5.84 Å². The van der Waals surface area contributed by atoms with Gasteiger partial charge in [-0.3, -0.25) is 4.72 Å². The van der Waals surface area contributed by atoms with E-state index in [9.17, 15) is 0 Å². The van der Waals surface area contributed by atoms with Crippen molar-refractivity contribution in [1.29, 1.82) is 0 Å². The number of aliphatic imine (C=N–C) groups is 2. The minimum Gasteiger partial charge on any atom is -0.395 e. The van der Waals surface area contributed by atoms with E-state index in [2.05, 4.69) is 40.9 Å². The second-order valence-corrected chi connectivity index (χ2v) is 7.56. The van der Waals surface area contributed by atoms with Crippen LogP contribution in [0.15, 0.2) is 73.6 Å². The third kappa shape index (κ3) is 11.0. The normalized spacial score (nSPS) is 17.3. The molecule has 0 aromatic rings. The lowest BCUT2D eigenvalue weighted by Crippen LogP contribution is -2.39. The summed E-state index contributed by atoms with van der Waals surface area (Å²) in [6.45, 7) is 11.5. The van der Waals surface area contributed by atoms with Gasteiger partial charge in [0.05, 0.1) is 31.7 Å². The molecule has 176 valence electrons. The standard InChI is InChI=1S/C22H34N6O2S2/c1-4-5-6-7-21(18(2)16-24-23)22(26-19(3)28-10-13-30-14-11-28)27-20(17-31)8-15-32-25-9-12-29/h5-8,15-17,25,29,31H,2,4,9-14,23H2,1,3H3/b6-5-,15-8+,20-17+,21-7+,24-16-,26-19?,27-22+. The fraction of sp³-hybridized carbons (Fsp3) is 0.409. The largest absolute Gasteiger partial charge is 0.395 e. The summed E-state index contributed by atoms with van der Waals surface area (Å²) in [6.07, 6.45) is 10.1. The molecule has 0 radical (unpaired) electrons. The van der Waals surface area contributed by atoms with Crippen LogP contribution in [0, 0.1) is 0 Å². The molecule has 1 rings (SSSR count). The molecule has 0 bridgehead atoms. The van der Waals surface area contributed by atoms with Crippen LogP contribution in [0.25, 0.3) is 0 Å². The number of allylic oxidation sites excluding steroid dienone is 4. The molecule has 0 amide bonds. The van der Waals surface area contributed by atoms with E-state index >= 15 is 0 Å². The quantitative estimate of drug-likeness (QED) is 0.0531. The van der Waals surface area contributed by atoms with E-state index in [1.807, 2.05) is 30.6 Å². The number of amidine groups is 2. The summed E-state index contributed by atoms with van der Waals surface area (Å²) in [5.41, 5.74) is 1.89. The minimum atomic E-state index is 0.0676. The van der Waals surface area contributed by atoms with E-state index in [4.69, 9.17) is 25.7 Å². The highest BCUT2D eigenvalue weighted by molar-refractivity contribution is 8.00. The lowest BCUT2D eigenvalue weighted by Gasteiger charge is -2.28. The minimum absolute atomic E-state index is 0.0676. The molecule has 8 nitrogen and oxygen atoms in total. The summed E-state index contributed by atoms with van der Waals surface area (Å²) >= 11 is 5.66. The molecule has 4 N–H and O–H groups in total. The molecule has 1 saturated heterocycles. The van der Waals surface area contributed by atoms with E-state index in [-0.39, 0.29) is 6.61 Å². The summed E-state index contributed by atoms with van der Waals surface area (Å²) in [6, 6.07) is 0. The van der Waals surface area contributed by atoms with Gasteiger partial charge in [0.25, 0.3) is 0 Å². The number of thiol groups is 1. The molecule has 32 heavy (non-hydrogen) atoms. The molecule has 0 spiro atoms. The predicted octanol–water partition coefficient (Wildman–Crippen LogP) is 3.04. The second-order valence-electron chi connectivity index (χ2n) is 6.51. The molecule has 0 aromatic carbocycles. The number of aliphatic hydroxyl groups is 1. The summed E-state index contributed by atoms with van der Waals surface area (Å²) in [4.78, 5) is 11.7. The van der Waals surface area contributed by atoms with Gasteiger partial charge in [0, 0.05) is 25.2 Å². The molecule has 1 heterocycles. The third-order valence-electron chi connectivity index (χ3n) is 4.16. The van der Waals surface area contributed by atoms with Crippen LogP contribution in [0.1, 0.15) is 20.3 Å². The Morgan fingerprint density at radius 2 is 2.09 bits per heavy atom. The first-order chi connectivity index (χ1) is 15.6. The van der Waals surface area contributed by atoms with E-state index < -0.39 is 0 Å². The highest BCUT2D eigenvalue weighted by Crippen LogP contribution is 2.16. The van der Waals surface area contributed by atoms with Crippen molar-refractivity contribution < 1.29 is 9.84 Å². The van der Waals surface area contributed by atoms with Gasteiger partial charge in [0.15, 0.2) is 5.84 Å². The Morgan fingerprint density at radius 1 is 1.34 bits per heavy atom. The lowest BCUT2D eigenvalue weighted by atomic mass is 10.1. The van der Waals surface area contributed by atoms with Crippen LogP contribution in [0.4, 0.5) is 0 Å². The fourth-order valence-electron chi connectivity index (χ4n) is 2.53. The zero-order chi connectivity index (χ0) is 23.6. The topological polar surface area (TPSA) is 108 Å². The molecule has 1 fully saturated rings. The average Bonchev–Trinajstić information content (AvgIpc) is 2.81. The first kappa shape index (κ1) is 27.9. The number of nitrogens with zero attached hydrogens (tertiary/aromatic N) is 4. The van der Waals surface area contributed by atoms with Gasteiger partial charge in [-0.25, -0.2) is 9.98 Å². The Balaban J connectivity index is 3.38. The fourth-order valence-corrected chi connectivity index (χ4v) is 3.19. The Hall–Kier alpha value is -2.11. The van der Waals surface area contributed by atoms with Crippen molar-refractivity contribution in [2.45, 2.75) is 20.3 Å². The zero-order valence-corrected chi connectivity index (χ0v) is 20.5. The van der Waals surface area contributed by atoms with Crippen molar-refractivity contribution in [2.24, 2.45) is 20.9 Å². The maximum absolute atomic E-state index is 8.87. The number of hydrogen-bond donors (Lipinski definition) is 4. The number of nitrogens with two attached hydrogens (primary N) is 1. The van der Waals surface area contributed by atoms with Gasteiger partial charge in [-0.2, -0.15) is 5.10 Å². The van der Waals surface area contributed by atoms with Crippen molar-refractivity contribution in [3.05, 3.63) is 58.5 Å². The van der Waals surface area contributed by atoms with Gasteiger partial charge in [-0.05, 0) is 35.8 Å². The molecular formula is C22H34N6O2S2. The SMILES string of the molecule is C=C(/C=N\N)C(=C\C=C/CC)/C(N=C(C)N1CCOCC1)=N\C(\C=C\SNCCO)=C\S. The average molecular weight is 479 g/mol. The Bertz CT molecular complexity index is 794. The van der Waals surface area contributed by atoms with Crippen molar-refractivity contribution in [1.82, 2.24) is 9.62 Å². The molecule has 1 aliphatic rings. The molecule has 0 saturated carbocycles. The van der Waals surface area contributed by atoms with Crippen LogP contribution in [0.2, 0.25) is 0 Å². The van der Waals surface area contributed by atoms with Gasteiger partial charge >= 0.3 is 0 Å². The van der Waals surface area contributed by atoms with Crippen LogP contribution < -0.4 is 10.6 Å². The molecule has 0 atom stereocenters.